The minimum absolute atomic E-state index is 0.0727. The van der Waals surface area contributed by atoms with Gasteiger partial charge in [0.2, 0.25) is 0 Å². The molecule has 0 spiro atoms. The van der Waals surface area contributed by atoms with E-state index in [9.17, 15) is 25.9 Å². The third kappa shape index (κ3) is 2.41. The van der Waals surface area contributed by atoms with Crippen molar-refractivity contribution < 1.29 is 25.9 Å². The lowest BCUT2D eigenvalue weighted by Gasteiger charge is -2.36. The second kappa shape index (κ2) is 5.00. The lowest BCUT2D eigenvalue weighted by molar-refractivity contribution is 0.461. The summed E-state index contributed by atoms with van der Waals surface area (Å²) in [5.74, 6) is 0. The number of allylic oxidation sites excluding steroid dienone is 2. The van der Waals surface area contributed by atoms with Crippen molar-refractivity contribution in [2.75, 3.05) is 0 Å². The second-order valence-corrected chi connectivity index (χ2v) is 9.66. The molecule has 3 rings (SSSR count). The molecule has 0 radical (unpaired) electrons. The molecule has 3 heterocycles. The van der Waals surface area contributed by atoms with Crippen LogP contribution in [0, 0.1) is 12.3 Å². The second-order valence-electron chi connectivity index (χ2n) is 6.91. The van der Waals surface area contributed by atoms with Crippen LogP contribution in [0.5, 0.6) is 0 Å². The first-order valence-corrected chi connectivity index (χ1v) is 10.5. The first kappa shape index (κ1) is 18.2. The number of rotatable bonds is 2. The Morgan fingerprint density at radius 1 is 1.08 bits per heavy atom. The minimum Gasteiger partial charge on any atom is -0.371 e. The summed E-state index contributed by atoms with van der Waals surface area (Å²) in [7, 11) is -8.77. The molecule has 1 aromatic heterocycles. The Morgan fingerprint density at radius 3 is 2.12 bits per heavy atom. The minimum atomic E-state index is -4.40. The zero-order valence-corrected chi connectivity index (χ0v) is 16.1. The molecular weight excluding hydrogens is 367 g/mol. The Hall–Kier alpha value is -1.56. The van der Waals surface area contributed by atoms with Gasteiger partial charge in [0.25, 0.3) is 20.2 Å². The van der Waals surface area contributed by atoms with Crippen LogP contribution in [0.15, 0.2) is 27.3 Å². The topological polar surface area (TPSA) is 117 Å². The van der Waals surface area contributed by atoms with Crippen LogP contribution < -0.4 is 0 Å². The van der Waals surface area contributed by atoms with Gasteiger partial charge in [-0.1, -0.05) is 0 Å². The molecule has 1 aromatic rings. The molecule has 0 fully saturated rings. The third-order valence-electron chi connectivity index (χ3n) is 5.00. The van der Waals surface area contributed by atoms with Gasteiger partial charge < -0.3 is 9.29 Å². The van der Waals surface area contributed by atoms with Crippen LogP contribution in [0.2, 0.25) is 6.82 Å². The summed E-state index contributed by atoms with van der Waals surface area (Å²) in [6.45, 7) is 7.93. The molecule has 0 amide bonds. The molecule has 2 aliphatic heterocycles. The van der Waals surface area contributed by atoms with Gasteiger partial charge in [-0.25, -0.2) is 0 Å². The highest BCUT2D eigenvalue weighted by Crippen LogP contribution is 2.51. The Balaban J connectivity index is 2.31. The van der Waals surface area contributed by atoms with E-state index in [1.54, 1.807) is 49.9 Å². The Bertz CT molecular complexity index is 1060. The van der Waals surface area contributed by atoms with Crippen molar-refractivity contribution in [3.05, 3.63) is 33.8 Å². The van der Waals surface area contributed by atoms with Crippen molar-refractivity contribution in [2.24, 2.45) is 5.41 Å². The van der Waals surface area contributed by atoms with Gasteiger partial charge >= 0.3 is 6.98 Å². The molecule has 0 aromatic carbocycles. The largest absolute Gasteiger partial charge is 0.380 e. The number of aromatic nitrogens is 1. The highest BCUT2D eigenvalue weighted by Gasteiger charge is 2.50. The number of nitrogens with zero attached hydrogens (tertiary/aromatic N) is 2. The molecule has 0 aliphatic carbocycles. The SMILES string of the molecule is CB1N2C(=Cc3cc(S(=O)(=O)O)c(C)n31)C(C)(C)C(S(=O)(=O)O)=C2C. The Morgan fingerprint density at radius 2 is 1.64 bits per heavy atom. The summed E-state index contributed by atoms with van der Waals surface area (Å²) >= 11 is 0. The van der Waals surface area contributed by atoms with E-state index in [1.807, 2.05) is 0 Å². The van der Waals surface area contributed by atoms with Crippen LogP contribution in [0.3, 0.4) is 0 Å². The first-order valence-electron chi connectivity index (χ1n) is 7.58. The zero-order valence-electron chi connectivity index (χ0n) is 14.5. The van der Waals surface area contributed by atoms with Gasteiger partial charge in [0.15, 0.2) is 0 Å². The predicted molar refractivity (Wildman–Crippen MR) is 93.8 cm³/mol. The predicted octanol–water partition coefficient (Wildman–Crippen LogP) is 1.82. The van der Waals surface area contributed by atoms with Gasteiger partial charge in [0.05, 0.1) is 0 Å². The fraction of sp³-hybridized carbons (Fsp3) is 0.429. The van der Waals surface area contributed by atoms with Gasteiger partial charge in [-0.3, -0.25) is 9.11 Å². The van der Waals surface area contributed by atoms with Crippen molar-refractivity contribution in [3.8, 4) is 0 Å². The fourth-order valence-corrected chi connectivity index (χ4v) is 6.11. The molecule has 0 unspecified atom stereocenters. The molecule has 2 N–H and O–H groups in total. The van der Waals surface area contributed by atoms with E-state index in [-0.39, 0.29) is 9.80 Å². The molecular formula is C14H19BN2O6S2. The van der Waals surface area contributed by atoms with Crippen LogP contribution in [0.25, 0.3) is 6.08 Å². The maximum Gasteiger partial charge on any atom is 0.380 e. The average molecular weight is 386 g/mol. The first-order chi connectivity index (χ1) is 11.2. The molecule has 8 nitrogen and oxygen atoms in total. The van der Waals surface area contributed by atoms with Crippen LogP contribution in [0.1, 0.15) is 32.2 Å². The highest BCUT2D eigenvalue weighted by atomic mass is 32.2. The Kier molecular flexibility index (Phi) is 3.65. The summed E-state index contributed by atoms with van der Waals surface area (Å²) in [4.78, 5) is 1.51. The van der Waals surface area contributed by atoms with Gasteiger partial charge in [-0.15, -0.1) is 0 Å². The lowest BCUT2D eigenvalue weighted by Crippen LogP contribution is -2.44. The average Bonchev–Trinajstić information content (AvgIpc) is 2.82. The number of hydrogen-bond donors (Lipinski definition) is 2. The number of hydrogen-bond acceptors (Lipinski definition) is 5. The number of fused-ring (bicyclic) bond motifs is 2. The van der Waals surface area contributed by atoms with Gasteiger partial charge in [0.1, 0.15) is 9.80 Å². The zero-order chi connectivity index (χ0) is 19.1. The van der Waals surface area contributed by atoms with Gasteiger partial charge in [-0.2, -0.15) is 16.8 Å². The van der Waals surface area contributed by atoms with Crippen molar-refractivity contribution in [2.45, 2.75) is 39.4 Å². The van der Waals surface area contributed by atoms with E-state index in [4.69, 9.17) is 0 Å². The summed E-state index contributed by atoms with van der Waals surface area (Å²) in [6, 6.07) is 1.36. The normalized spacial score (nSPS) is 19.9. The van der Waals surface area contributed by atoms with E-state index < -0.39 is 32.6 Å². The van der Waals surface area contributed by atoms with Crippen molar-refractivity contribution in [3.63, 3.8) is 0 Å². The van der Waals surface area contributed by atoms with Gasteiger partial charge in [-0.05, 0) is 46.7 Å². The molecule has 11 heteroatoms. The summed E-state index contributed by atoms with van der Waals surface area (Å²) < 4.78 is 67.8. The van der Waals surface area contributed by atoms with E-state index in [0.717, 1.165) is 0 Å². The van der Waals surface area contributed by atoms with E-state index >= 15 is 0 Å². The summed E-state index contributed by atoms with van der Waals surface area (Å²) in [6.07, 6.45) is 1.68. The van der Waals surface area contributed by atoms with Crippen molar-refractivity contribution >= 4 is 33.3 Å². The maximum absolute atomic E-state index is 11.9. The lowest BCUT2D eigenvalue weighted by atomic mass is 9.72. The third-order valence-corrected chi connectivity index (χ3v) is 7.29. The van der Waals surface area contributed by atoms with E-state index in [0.29, 0.717) is 22.8 Å². The Labute approximate surface area is 147 Å². The monoisotopic (exact) mass is 386 g/mol. The van der Waals surface area contributed by atoms with Crippen LogP contribution in [-0.4, -0.2) is 42.2 Å². The molecule has 0 saturated heterocycles. The van der Waals surface area contributed by atoms with Crippen LogP contribution in [-0.2, 0) is 20.2 Å². The van der Waals surface area contributed by atoms with E-state index in [1.165, 1.54) is 6.07 Å². The summed E-state index contributed by atoms with van der Waals surface area (Å²) in [5.41, 5.74) is 0.941. The van der Waals surface area contributed by atoms with Crippen LogP contribution >= 0.6 is 0 Å². The fourth-order valence-electron chi connectivity index (χ4n) is 4.14. The quantitative estimate of drug-likeness (QED) is 0.588. The van der Waals surface area contributed by atoms with Gasteiger partial charge in [0, 0.05) is 28.2 Å². The maximum atomic E-state index is 11.9. The molecule has 136 valence electrons. The molecule has 25 heavy (non-hydrogen) atoms. The highest BCUT2D eigenvalue weighted by molar-refractivity contribution is 7.89. The standard InChI is InChI=1S/C14H19BN2O6S2/c1-8-11(24(18,19)20)6-10-7-12-14(3,4)13(25(21,22)23)9(2)17(12)15(5)16(8)10/h6-7H,1-5H3,(H,18,19,20)(H,21,22,23). The molecule has 2 aliphatic rings. The smallest absolute Gasteiger partial charge is 0.371 e. The molecule has 0 atom stereocenters. The molecule has 0 bridgehead atoms. The van der Waals surface area contributed by atoms with Crippen LogP contribution in [0.4, 0.5) is 0 Å². The van der Waals surface area contributed by atoms with Crippen molar-refractivity contribution in [1.82, 2.24) is 9.29 Å². The van der Waals surface area contributed by atoms with E-state index in [2.05, 4.69) is 0 Å². The van der Waals surface area contributed by atoms with Crippen molar-refractivity contribution in [1.29, 1.82) is 0 Å². The molecule has 0 saturated carbocycles. The summed E-state index contributed by atoms with van der Waals surface area (Å²) in [5, 5.41) is 0.